The van der Waals surface area contributed by atoms with Gasteiger partial charge >= 0.3 is 6.03 Å². The molecule has 2 amide bonds. The first-order valence-corrected chi connectivity index (χ1v) is 11.0. The van der Waals surface area contributed by atoms with E-state index in [1.807, 2.05) is 12.1 Å². The maximum atomic E-state index is 14.1. The number of pyridine rings is 1. The summed E-state index contributed by atoms with van der Waals surface area (Å²) in [5.74, 6) is 1.02. The van der Waals surface area contributed by atoms with Crippen molar-refractivity contribution in [3.05, 3.63) is 47.4 Å². The molecule has 2 aromatic rings. The Kier molecular flexibility index (Phi) is 5.17. The van der Waals surface area contributed by atoms with E-state index < -0.39 is 11.4 Å². The van der Waals surface area contributed by atoms with Gasteiger partial charge in [-0.05, 0) is 49.6 Å². The Labute approximate surface area is 185 Å². The second kappa shape index (κ2) is 8.00. The number of aromatic nitrogens is 1. The van der Waals surface area contributed by atoms with Crippen molar-refractivity contribution in [3.8, 4) is 0 Å². The monoisotopic (exact) mass is 442 g/mol. The van der Waals surface area contributed by atoms with Crippen molar-refractivity contribution < 1.29 is 9.18 Å². The molecule has 0 radical (unpaired) electrons. The van der Waals surface area contributed by atoms with Crippen LogP contribution in [0.15, 0.2) is 41.5 Å². The molecule has 7 nitrogen and oxygen atoms in total. The Hall–Kier alpha value is -2.87. The number of amidine groups is 1. The molecule has 1 saturated carbocycles. The predicted octanol–water partition coefficient (Wildman–Crippen LogP) is 4.73. The number of rotatable bonds is 2. The van der Waals surface area contributed by atoms with Crippen molar-refractivity contribution >= 4 is 40.7 Å². The first-order chi connectivity index (χ1) is 15.0. The third-order valence-corrected chi connectivity index (χ3v) is 6.47. The SMILES string of the molecule is O=C(Nc1ccc(Cl)cc1F)N1CCC2(C1)Nc1cccnc1NC2=NC1CCCC1. The number of carbonyl (C=O) groups is 1. The van der Waals surface area contributed by atoms with Crippen LogP contribution in [0.4, 0.5) is 26.4 Å². The van der Waals surface area contributed by atoms with Crippen LogP contribution in [0, 0.1) is 5.82 Å². The van der Waals surface area contributed by atoms with E-state index in [9.17, 15) is 9.18 Å². The molecule has 1 atom stereocenters. The van der Waals surface area contributed by atoms with Crippen molar-refractivity contribution in [2.45, 2.75) is 43.7 Å². The predicted molar refractivity (Wildman–Crippen MR) is 121 cm³/mol. The minimum atomic E-state index is -0.560. The maximum absolute atomic E-state index is 14.1. The van der Waals surface area contributed by atoms with Gasteiger partial charge in [0.15, 0.2) is 5.82 Å². The summed E-state index contributed by atoms with van der Waals surface area (Å²) in [7, 11) is 0. The van der Waals surface area contributed by atoms with Gasteiger partial charge in [0, 0.05) is 17.8 Å². The van der Waals surface area contributed by atoms with Crippen LogP contribution in [0.5, 0.6) is 0 Å². The molecule has 2 aliphatic heterocycles. The summed E-state index contributed by atoms with van der Waals surface area (Å²) in [6.45, 7) is 0.940. The van der Waals surface area contributed by atoms with Crippen LogP contribution < -0.4 is 16.0 Å². The van der Waals surface area contributed by atoms with Gasteiger partial charge in [-0.15, -0.1) is 0 Å². The van der Waals surface area contributed by atoms with Crippen LogP contribution in [-0.2, 0) is 0 Å². The minimum Gasteiger partial charge on any atom is -0.368 e. The number of benzene rings is 1. The number of carbonyl (C=O) groups excluding carboxylic acids is 1. The molecule has 0 bridgehead atoms. The van der Waals surface area contributed by atoms with Gasteiger partial charge in [0.25, 0.3) is 0 Å². The summed E-state index contributed by atoms with van der Waals surface area (Å²) in [6, 6.07) is 7.99. The van der Waals surface area contributed by atoms with Gasteiger partial charge in [0.1, 0.15) is 17.2 Å². The molecule has 1 aliphatic carbocycles. The van der Waals surface area contributed by atoms with Crippen molar-refractivity contribution in [1.29, 1.82) is 0 Å². The number of urea groups is 1. The average molecular weight is 443 g/mol. The zero-order valence-electron chi connectivity index (χ0n) is 17.0. The van der Waals surface area contributed by atoms with Crippen molar-refractivity contribution in [1.82, 2.24) is 9.88 Å². The third-order valence-electron chi connectivity index (χ3n) is 6.24. The summed E-state index contributed by atoms with van der Waals surface area (Å²) in [5, 5.41) is 9.97. The molecular weight excluding hydrogens is 419 g/mol. The summed E-state index contributed by atoms with van der Waals surface area (Å²) < 4.78 is 14.1. The lowest BCUT2D eigenvalue weighted by Gasteiger charge is -2.38. The Morgan fingerprint density at radius 1 is 1.32 bits per heavy atom. The molecule has 3 heterocycles. The average Bonchev–Trinajstić information content (AvgIpc) is 3.41. The zero-order chi connectivity index (χ0) is 21.4. The summed E-state index contributed by atoms with van der Waals surface area (Å²) >= 11 is 5.81. The van der Waals surface area contributed by atoms with Crippen LogP contribution in [-0.4, -0.2) is 46.4 Å². The van der Waals surface area contributed by atoms with Gasteiger partial charge < -0.3 is 20.9 Å². The quantitative estimate of drug-likeness (QED) is 0.628. The number of anilines is 3. The summed E-state index contributed by atoms with van der Waals surface area (Å²) in [5.41, 5.74) is 0.479. The number of aliphatic imine (C=N–C) groups is 1. The first-order valence-electron chi connectivity index (χ1n) is 10.6. The van der Waals surface area contributed by atoms with Gasteiger partial charge in [-0.25, -0.2) is 14.2 Å². The van der Waals surface area contributed by atoms with E-state index in [0.717, 1.165) is 30.2 Å². The van der Waals surface area contributed by atoms with E-state index in [0.29, 0.717) is 19.5 Å². The topological polar surface area (TPSA) is 81.7 Å². The fraction of sp³-hybridized carbons (Fsp3) is 0.409. The molecule has 1 unspecified atom stereocenters. The molecule has 1 spiro atoms. The maximum Gasteiger partial charge on any atom is 0.322 e. The number of likely N-dealkylation sites (tertiary alicyclic amines) is 1. The van der Waals surface area contributed by atoms with E-state index in [1.165, 1.54) is 25.0 Å². The number of halogens is 2. The molecule has 162 valence electrons. The van der Waals surface area contributed by atoms with E-state index in [2.05, 4.69) is 20.9 Å². The minimum absolute atomic E-state index is 0.111. The second-order valence-electron chi connectivity index (χ2n) is 8.37. The highest BCUT2D eigenvalue weighted by atomic mass is 35.5. The van der Waals surface area contributed by atoms with Crippen LogP contribution in [0.3, 0.4) is 0 Å². The number of nitrogens with one attached hydrogen (secondary N) is 3. The third kappa shape index (κ3) is 3.92. The fourth-order valence-corrected chi connectivity index (χ4v) is 4.75. The normalized spacial score (nSPS) is 24.2. The number of nitrogens with zero attached hydrogens (tertiary/aromatic N) is 3. The molecule has 3 N–H and O–H groups in total. The Balaban J connectivity index is 1.39. The van der Waals surface area contributed by atoms with Crippen LogP contribution in [0.2, 0.25) is 5.02 Å². The molecule has 1 aromatic heterocycles. The van der Waals surface area contributed by atoms with Gasteiger partial charge in [0.05, 0.1) is 24.0 Å². The largest absolute Gasteiger partial charge is 0.368 e. The van der Waals surface area contributed by atoms with E-state index >= 15 is 0 Å². The van der Waals surface area contributed by atoms with Gasteiger partial charge in [-0.3, -0.25) is 4.99 Å². The summed E-state index contributed by atoms with van der Waals surface area (Å²) in [4.78, 5) is 24.0. The highest BCUT2D eigenvalue weighted by molar-refractivity contribution is 6.30. The van der Waals surface area contributed by atoms with E-state index in [1.54, 1.807) is 17.2 Å². The van der Waals surface area contributed by atoms with Gasteiger partial charge in [-0.1, -0.05) is 24.4 Å². The molecule has 2 fully saturated rings. The zero-order valence-corrected chi connectivity index (χ0v) is 17.8. The molecule has 1 saturated heterocycles. The molecule has 5 rings (SSSR count). The second-order valence-corrected chi connectivity index (χ2v) is 8.81. The molecule has 31 heavy (non-hydrogen) atoms. The lowest BCUT2D eigenvalue weighted by Crippen LogP contribution is -2.55. The van der Waals surface area contributed by atoms with Crippen molar-refractivity contribution in [2.75, 3.05) is 29.0 Å². The van der Waals surface area contributed by atoms with E-state index in [4.69, 9.17) is 16.6 Å². The standard InChI is InChI=1S/C22H24ClFN6O/c23-14-7-8-17(16(24)12-14)27-21(31)30-11-9-22(13-30)20(26-15-4-1-2-5-15)28-19-18(29-22)6-3-10-25-19/h3,6-8,10,12,15,29H,1-2,4-5,9,11,13H2,(H,27,31)(H,25,26,28). The van der Waals surface area contributed by atoms with Crippen LogP contribution >= 0.6 is 11.6 Å². The first kappa shape index (κ1) is 20.1. The Morgan fingerprint density at radius 3 is 2.97 bits per heavy atom. The van der Waals surface area contributed by atoms with Gasteiger partial charge in [0.2, 0.25) is 0 Å². The fourth-order valence-electron chi connectivity index (χ4n) is 4.59. The van der Waals surface area contributed by atoms with Crippen molar-refractivity contribution in [3.63, 3.8) is 0 Å². The molecule has 9 heteroatoms. The highest BCUT2D eigenvalue weighted by Gasteiger charge is 2.47. The number of hydrogen-bond acceptors (Lipinski definition) is 4. The molecular formula is C22H24ClFN6O. The number of amides is 2. The highest BCUT2D eigenvalue weighted by Crippen LogP contribution is 2.36. The van der Waals surface area contributed by atoms with Crippen molar-refractivity contribution in [2.24, 2.45) is 4.99 Å². The smallest absolute Gasteiger partial charge is 0.322 e. The Morgan fingerprint density at radius 2 is 2.16 bits per heavy atom. The van der Waals surface area contributed by atoms with Crippen LogP contribution in [0.25, 0.3) is 0 Å². The number of hydrogen-bond donors (Lipinski definition) is 3. The lowest BCUT2D eigenvalue weighted by molar-refractivity contribution is 0.221. The van der Waals surface area contributed by atoms with Crippen LogP contribution in [0.1, 0.15) is 32.1 Å². The van der Waals surface area contributed by atoms with Gasteiger partial charge in [-0.2, -0.15) is 0 Å². The number of fused-ring (bicyclic) bond motifs is 1. The van der Waals surface area contributed by atoms with E-state index in [-0.39, 0.29) is 22.8 Å². The molecule has 3 aliphatic rings. The summed E-state index contributed by atoms with van der Waals surface area (Å²) in [6.07, 6.45) is 6.98. The Bertz CT molecular complexity index is 1040. The lowest BCUT2D eigenvalue weighted by atomic mass is 9.93. The molecule has 1 aromatic carbocycles.